The fraction of sp³-hybridized carbons (Fsp3) is 0.345. The molecule has 0 saturated carbocycles. The Labute approximate surface area is 192 Å². The summed E-state index contributed by atoms with van der Waals surface area (Å²) < 4.78 is 0. The standard InChI is InChI=1S/C29H33N3/c1-16-8-18(3)26(19(4)9-16)22-12-24-25-13-23(27-20(5)10-17(2)11-21(27)6)15-31-29(25)32(7)28(24)30-14-22/h8-14,23,29,31H,15H2,1-7H3. The maximum Gasteiger partial charge on any atom is 0.137 e. The minimum absolute atomic E-state index is 0.190. The number of rotatable bonds is 2. The number of nitrogens with one attached hydrogen (secondary N) is 1. The average molecular weight is 424 g/mol. The number of fused-ring (bicyclic) bond motifs is 3. The van der Waals surface area contributed by atoms with Crippen molar-refractivity contribution in [1.29, 1.82) is 0 Å². The van der Waals surface area contributed by atoms with E-state index in [2.05, 4.69) is 95.2 Å². The van der Waals surface area contributed by atoms with Crippen molar-refractivity contribution in [3.05, 3.63) is 87.1 Å². The van der Waals surface area contributed by atoms with Gasteiger partial charge in [-0.15, -0.1) is 0 Å². The number of nitrogens with zero attached hydrogens (tertiary/aromatic N) is 2. The molecule has 2 atom stereocenters. The summed E-state index contributed by atoms with van der Waals surface area (Å²) in [6.45, 7) is 14.2. The topological polar surface area (TPSA) is 28.2 Å². The fourth-order valence-electron chi connectivity index (χ4n) is 6.10. The molecule has 0 aliphatic carbocycles. The molecule has 3 heteroatoms. The number of anilines is 1. The molecule has 2 aromatic carbocycles. The van der Waals surface area contributed by atoms with Gasteiger partial charge >= 0.3 is 0 Å². The van der Waals surface area contributed by atoms with E-state index in [4.69, 9.17) is 4.98 Å². The lowest BCUT2D eigenvalue weighted by atomic mass is 9.85. The van der Waals surface area contributed by atoms with E-state index in [0.29, 0.717) is 5.92 Å². The zero-order valence-electron chi connectivity index (χ0n) is 20.3. The summed E-state index contributed by atoms with van der Waals surface area (Å²) in [5.41, 5.74) is 14.6. The lowest BCUT2D eigenvalue weighted by Crippen LogP contribution is -2.45. The molecule has 1 aromatic heterocycles. The minimum atomic E-state index is 0.190. The Bertz CT molecular complexity index is 1220. The Kier molecular flexibility index (Phi) is 4.98. The van der Waals surface area contributed by atoms with Gasteiger partial charge in [0.15, 0.2) is 0 Å². The third-order valence-corrected chi connectivity index (χ3v) is 7.18. The van der Waals surface area contributed by atoms with Crippen molar-refractivity contribution in [1.82, 2.24) is 10.3 Å². The molecule has 0 bridgehead atoms. The Morgan fingerprint density at radius 2 is 1.44 bits per heavy atom. The molecule has 1 N–H and O–H groups in total. The maximum atomic E-state index is 4.94. The highest BCUT2D eigenvalue weighted by atomic mass is 15.3. The molecule has 2 unspecified atom stereocenters. The summed E-state index contributed by atoms with van der Waals surface area (Å²) in [6.07, 6.45) is 4.73. The molecular weight excluding hydrogens is 390 g/mol. The first kappa shape index (κ1) is 21.0. The Balaban J connectivity index is 1.63. The van der Waals surface area contributed by atoms with Gasteiger partial charge in [-0.25, -0.2) is 4.98 Å². The fourth-order valence-corrected chi connectivity index (χ4v) is 6.10. The number of aromatic nitrogens is 1. The number of pyridine rings is 1. The molecule has 0 fully saturated rings. The zero-order valence-corrected chi connectivity index (χ0v) is 20.3. The molecule has 0 saturated heterocycles. The summed E-state index contributed by atoms with van der Waals surface area (Å²) in [5, 5.41) is 3.80. The molecule has 2 aliphatic rings. The molecule has 0 spiro atoms. The monoisotopic (exact) mass is 423 g/mol. The van der Waals surface area contributed by atoms with Gasteiger partial charge in [0.25, 0.3) is 0 Å². The molecule has 0 radical (unpaired) electrons. The lowest BCUT2D eigenvalue weighted by molar-refractivity contribution is 0.558. The second kappa shape index (κ2) is 7.60. The smallest absolute Gasteiger partial charge is 0.137 e. The Morgan fingerprint density at radius 1 is 0.844 bits per heavy atom. The lowest BCUT2D eigenvalue weighted by Gasteiger charge is -2.31. The van der Waals surface area contributed by atoms with Crippen LogP contribution in [0.4, 0.5) is 5.82 Å². The molecular formula is C29H33N3. The number of hydrogen-bond donors (Lipinski definition) is 1. The number of benzene rings is 2. The van der Waals surface area contributed by atoms with Crippen molar-refractivity contribution in [2.24, 2.45) is 0 Å². The summed E-state index contributed by atoms with van der Waals surface area (Å²) in [4.78, 5) is 7.22. The predicted octanol–water partition coefficient (Wildman–Crippen LogP) is 6.15. The largest absolute Gasteiger partial charge is 0.339 e. The van der Waals surface area contributed by atoms with Crippen molar-refractivity contribution >= 4 is 11.4 Å². The van der Waals surface area contributed by atoms with Crippen LogP contribution in [0.25, 0.3) is 16.7 Å². The highest BCUT2D eigenvalue weighted by molar-refractivity contribution is 5.89. The molecule has 3 aromatic rings. The SMILES string of the molecule is Cc1cc(C)c(-c2cnc3c(c2)C2=CC(c4c(C)cc(C)cc4C)CNC2N3C)c(C)c1. The molecule has 164 valence electrons. The van der Waals surface area contributed by atoms with E-state index in [1.807, 2.05) is 6.20 Å². The van der Waals surface area contributed by atoms with Crippen LogP contribution >= 0.6 is 0 Å². The van der Waals surface area contributed by atoms with E-state index >= 15 is 0 Å². The van der Waals surface area contributed by atoms with Crippen molar-refractivity contribution < 1.29 is 0 Å². The van der Waals surface area contributed by atoms with E-state index in [1.165, 1.54) is 61.2 Å². The number of aryl methyl sites for hydroxylation is 6. The number of hydrogen-bond acceptors (Lipinski definition) is 3. The Morgan fingerprint density at radius 3 is 2.06 bits per heavy atom. The van der Waals surface area contributed by atoms with Gasteiger partial charge in [0.2, 0.25) is 0 Å². The van der Waals surface area contributed by atoms with Gasteiger partial charge in [-0.2, -0.15) is 0 Å². The molecule has 5 rings (SSSR count). The van der Waals surface area contributed by atoms with Gasteiger partial charge in [-0.05, 0) is 86.6 Å². The van der Waals surface area contributed by atoms with Gasteiger partial charge in [0, 0.05) is 36.8 Å². The Hall–Kier alpha value is -2.91. The van der Waals surface area contributed by atoms with E-state index in [0.717, 1.165) is 12.4 Å². The first-order chi connectivity index (χ1) is 15.2. The van der Waals surface area contributed by atoms with Gasteiger partial charge in [-0.1, -0.05) is 41.5 Å². The second-order valence-corrected chi connectivity index (χ2v) is 9.83. The first-order valence-electron chi connectivity index (χ1n) is 11.6. The summed E-state index contributed by atoms with van der Waals surface area (Å²) in [6, 6.07) is 11.5. The van der Waals surface area contributed by atoms with Crippen LogP contribution in [-0.4, -0.2) is 24.7 Å². The van der Waals surface area contributed by atoms with Gasteiger partial charge in [0.1, 0.15) is 12.0 Å². The van der Waals surface area contributed by atoms with Crippen LogP contribution < -0.4 is 10.2 Å². The molecule has 2 aliphatic heterocycles. The summed E-state index contributed by atoms with van der Waals surface area (Å²) >= 11 is 0. The molecule has 3 heterocycles. The molecule has 32 heavy (non-hydrogen) atoms. The average Bonchev–Trinajstić information content (AvgIpc) is 2.98. The first-order valence-corrected chi connectivity index (χ1v) is 11.6. The van der Waals surface area contributed by atoms with E-state index in [1.54, 1.807) is 0 Å². The third-order valence-electron chi connectivity index (χ3n) is 7.18. The van der Waals surface area contributed by atoms with Crippen LogP contribution in [0, 0.1) is 41.5 Å². The van der Waals surface area contributed by atoms with Crippen LogP contribution in [0.1, 0.15) is 50.4 Å². The van der Waals surface area contributed by atoms with Crippen LogP contribution in [0.15, 0.2) is 42.6 Å². The normalized spacial score (nSPS) is 19.6. The van der Waals surface area contributed by atoms with E-state index < -0.39 is 0 Å². The van der Waals surface area contributed by atoms with Crippen LogP contribution in [-0.2, 0) is 0 Å². The summed E-state index contributed by atoms with van der Waals surface area (Å²) in [5.74, 6) is 1.44. The van der Waals surface area contributed by atoms with Crippen LogP contribution in [0.3, 0.4) is 0 Å². The van der Waals surface area contributed by atoms with Crippen molar-refractivity contribution in [2.75, 3.05) is 18.5 Å². The zero-order chi connectivity index (χ0) is 22.7. The van der Waals surface area contributed by atoms with E-state index in [9.17, 15) is 0 Å². The van der Waals surface area contributed by atoms with Gasteiger partial charge in [-0.3, -0.25) is 5.32 Å². The summed E-state index contributed by atoms with van der Waals surface area (Å²) in [7, 11) is 2.15. The number of likely N-dealkylation sites (N-methyl/N-ethyl adjacent to an activating group) is 1. The molecule has 0 amide bonds. The third kappa shape index (κ3) is 3.27. The quantitative estimate of drug-likeness (QED) is 0.536. The van der Waals surface area contributed by atoms with Gasteiger partial charge < -0.3 is 4.90 Å². The van der Waals surface area contributed by atoms with Crippen LogP contribution in [0.2, 0.25) is 0 Å². The highest BCUT2D eigenvalue weighted by Gasteiger charge is 2.37. The van der Waals surface area contributed by atoms with Gasteiger partial charge in [0.05, 0.1) is 0 Å². The minimum Gasteiger partial charge on any atom is -0.339 e. The molecule has 3 nitrogen and oxygen atoms in total. The highest BCUT2D eigenvalue weighted by Crippen LogP contribution is 2.43. The van der Waals surface area contributed by atoms with Crippen molar-refractivity contribution in [3.8, 4) is 11.1 Å². The second-order valence-electron chi connectivity index (χ2n) is 9.83. The van der Waals surface area contributed by atoms with Crippen molar-refractivity contribution in [2.45, 2.75) is 53.6 Å². The van der Waals surface area contributed by atoms with Crippen LogP contribution in [0.5, 0.6) is 0 Å². The predicted molar refractivity (Wildman–Crippen MR) is 135 cm³/mol. The van der Waals surface area contributed by atoms with E-state index in [-0.39, 0.29) is 6.17 Å². The van der Waals surface area contributed by atoms with Crippen molar-refractivity contribution in [3.63, 3.8) is 0 Å². The maximum absolute atomic E-state index is 4.94.